The number of nitrogens with zero attached hydrogens (tertiary/aromatic N) is 1. The largest absolute Gasteiger partial charge is 0.417 e. The minimum absolute atomic E-state index is 0.301. The number of alkyl halides is 3. The van der Waals surface area contributed by atoms with Gasteiger partial charge in [0.25, 0.3) is 0 Å². The first-order valence-electron chi connectivity index (χ1n) is 5.94. The number of rotatable bonds is 4. The second-order valence-corrected chi connectivity index (χ2v) is 5.48. The molecule has 0 unspecified atom stereocenters. The van der Waals surface area contributed by atoms with Crippen LogP contribution in [0.4, 0.5) is 18.9 Å². The zero-order valence-corrected chi connectivity index (χ0v) is 12.2. The van der Waals surface area contributed by atoms with Crippen LogP contribution < -0.4 is 5.32 Å². The van der Waals surface area contributed by atoms with Gasteiger partial charge in [-0.05, 0) is 24.6 Å². The average molecular weight is 321 g/mol. The quantitative estimate of drug-likeness (QED) is 0.858. The highest BCUT2D eigenvalue weighted by Crippen LogP contribution is 2.36. The van der Waals surface area contributed by atoms with Crippen LogP contribution in [0.3, 0.4) is 0 Å². The zero-order valence-electron chi connectivity index (χ0n) is 10.6. The van der Waals surface area contributed by atoms with E-state index in [1.54, 1.807) is 11.3 Å². The number of thiazole rings is 1. The summed E-state index contributed by atoms with van der Waals surface area (Å²) in [7, 11) is 0. The van der Waals surface area contributed by atoms with Crippen molar-refractivity contribution in [2.24, 2.45) is 0 Å². The summed E-state index contributed by atoms with van der Waals surface area (Å²) in [5.41, 5.74) is 0.347. The van der Waals surface area contributed by atoms with Gasteiger partial charge < -0.3 is 5.32 Å². The monoisotopic (exact) mass is 320 g/mol. The molecule has 0 fully saturated rings. The van der Waals surface area contributed by atoms with Gasteiger partial charge in [-0.2, -0.15) is 13.2 Å². The third-order valence-electron chi connectivity index (χ3n) is 2.65. The number of hydrogen-bond acceptors (Lipinski definition) is 3. The van der Waals surface area contributed by atoms with E-state index >= 15 is 0 Å². The van der Waals surface area contributed by atoms with Crippen LogP contribution >= 0.6 is 22.9 Å². The summed E-state index contributed by atoms with van der Waals surface area (Å²) in [5.74, 6) is 0. The molecule has 2 aromatic rings. The van der Waals surface area contributed by atoms with E-state index in [-0.39, 0.29) is 5.02 Å². The molecule has 0 aliphatic heterocycles. The molecule has 2 nitrogen and oxygen atoms in total. The molecule has 1 aromatic heterocycles. The van der Waals surface area contributed by atoms with E-state index in [9.17, 15) is 13.2 Å². The van der Waals surface area contributed by atoms with Crippen LogP contribution in [0, 0.1) is 0 Å². The van der Waals surface area contributed by atoms with Crippen LogP contribution in [0.25, 0.3) is 0 Å². The van der Waals surface area contributed by atoms with Crippen molar-refractivity contribution < 1.29 is 13.2 Å². The third kappa shape index (κ3) is 3.64. The molecule has 2 rings (SSSR count). The highest BCUT2D eigenvalue weighted by atomic mass is 35.5. The summed E-state index contributed by atoms with van der Waals surface area (Å²) >= 11 is 7.10. The zero-order chi connectivity index (χ0) is 14.8. The topological polar surface area (TPSA) is 24.9 Å². The van der Waals surface area contributed by atoms with E-state index in [1.807, 2.05) is 12.3 Å². The smallest absolute Gasteiger partial charge is 0.379 e. The van der Waals surface area contributed by atoms with E-state index in [0.29, 0.717) is 12.2 Å². The molecule has 0 saturated carbocycles. The van der Waals surface area contributed by atoms with Crippen LogP contribution in [-0.4, -0.2) is 4.98 Å². The van der Waals surface area contributed by atoms with Crippen molar-refractivity contribution in [1.29, 1.82) is 0 Å². The summed E-state index contributed by atoms with van der Waals surface area (Å²) < 4.78 is 38.2. The predicted octanol–water partition coefficient (Wildman–Crippen LogP) is 4.99. The Balaban J connectivity index is 2.10. The molecular formula is C13H12ClF3N2S. The van der Waals surface area contributed by atoms with Crippen LogP contribution in [0.2, 0.25) is 5.02 Å². The maximum atomic E-state index is 12.7. The summed E-state index contributed by atoms with van der Waals surface area (Å²) in [4.78, 5) is 4.34. The molecule has 0 bridgehead atoms. The van der Waals surface area contributed by atoms with Gasteiger partial charge in [-0.15, -0.1) is 11.3 Å². The lowest BCUT2D eigenvalue weighted by molar-refractivity contribution is -0.137. The first-order chi connectivity index (χ1) is 9.40. The standard InChI is InChI=1S/C13H12ClF3N2S/c1-2-12-19-9(7-20-12)6-18-8-3-4-11(14)10(5-8)13(15,16)17/h3-5,7,18H,2,6H2,1H3. The number of hydrogen-bond donors (Lipinski definition) is 1. The van der Waals surface area contributed by atoms with Gasteiger partial charge in [-0.3, -0.25) is 0 Å². The van der Waals surface area contributed by atoms with Gasteiger partial charge in [0.15, 0.2) is 0 Å². The first-order valence-corrected chi connectivity index (χ1v) is 7.20. The van der Waals surface area contributed by atoms with E-state index in [2.05, 4.69) is 10.3 Å². The van der Waals surface area contributed by atoms with Crippen molar-refractivity contribution in [3.8, 4) is 0 Å². The van der Waals surface area contributed by atoms with Crippen molar-refractivity contribution in [1.82, 2.24) is 4.98 Å². The Labute approximate surface area is 123 Å². The van der Waals surface area contributed by atoms with Crippen molar-refractivity contribution in [3.63, 3.8) is 0 Å². The van der Waals surface area contributed by atoms with E-state index in [0.717, 1.165) is 23.2 Å². The van der Waals surface area contributed by atoms with Crippen LogP contribution in [-0.2, 0) is 19.1 Å². The van der Waals surface area contributed by atoms with Gasteiger partial charge in [0, 0.05) is 11.1 Å². The highest BCUT2D eigenvalue weighted by Gasteiger charge is 2.33. The second kappa shape index (κ2) is 6.01. The van der Waals surface area contributed by atoms with Gasteiger partial charge in [0.2, 0.25) is 0 Å². The Hall–Kier alpha value is -1.27. The molecule has 0 radical (unpaired) electrons. The van der Waals surface area contributed by atoms with E-state index in [4.69, 9.17) is 11.6 Å². The molecule has 0 aliphatic rings. The number of nitrogens with one attached hydrogen (secondary N) is 1. The Morgan fingerprint density at radius 1 is 1.35 bits per heavy atom. The maximum absolute atomic E-state index is 12.7. The van der Waals surface area contributed by atoms with Gasteiger partial charge >= 0.3 is 6.18 Å². The SMILES string of the molecule is CCc1nc(CNc2ccc(Cl)c(C(F)(F)F)c2)cs1. The molecule has 1 aromatic carbocycles. The Morgan fingerprint density at radius 3 is 2.70 bits per heavy atom. The molecule has 1 N–H and O–H groups in total. The molecule has 1 heterocycles. The lowest BCUT2D eigenvalue weighted by Gasteiger charge is -2.11. The summed E-state index contributed by atoms with van der Waals surface area (Å²) in [6.07, 6.45) is -3.60. The number of aryl methyl sites for hydroxylation is 1. The third-order valence-corrected chi connectivity index (χ3v) is 4.02. The number of halogens is 4. The molecule has 0 amide bonds. The Bertz CT molecular complexity index is 596. The second-order valence-electron chi connectivity index (χ2n) is 4.13. The molecular weight excluding hydrogens is 309 g/mol. The lowest BCUT2D eigenvalue weighted by Crippen LogP contribution is -2.07. The normalized spacial score (nSPS) is 11.7. The molecule has 7 heteroatoms. The molecule has 0 atom stereocenters. The minimum Gasteiger partial charge on any atom is -0.379 e. The summed E-state index contributed by atoms with van der Waals surface area (Å²) in [6.45, 7) is 2.39. The number of benzene rings is 1. The lowest BCUT2D eigenvalue weighted by atomic mass is 10.2. The van der Waals surface area contributed by atoms with Crippen molar-refractivity contribution in [3.05, 3.63) is 44.9 Å². The summed E-state index contributed by atoms with van der Waals surface area (Å²) in [6, 6.07) is 3.77. The van der Waals surface area contributed by atoms with Crippen molar-refractivity contribution >= 4 is 28.6 Å². The Morgan fingerprint density at radius 2 is 2.10 bits per heavy atom. The van der Waals surface area contributed by atoms with Gasteiger partial charge in [0.05, 0.1) is 27.8 Å². The molecule has 0 saturated heterocycles. The van der Waals surface area contributed by atoms with Crippen LogP contribution in [0.5, 0.6) is 0 Å². The minimum atomic E-state index is -4.45. The first kappa shape index (κ1) is 15.1. The molecule has 20 heavy (non-hydrogen) atoms. The van der Waals surface area contributed by atoms with E-state index < -0.39 is 11.7 Å². The van der Waals surface area contributed by atoms with Crippen LogP contribution in [0.1, 0.15) is 23.2 Å². The van der Waals surface area contributed by atoms with Gasteiger partial charge in [-0.1, -0.05) is 18.5 Å². The van der Waals surface area contributed by atoms with E-state index in [1.165, 1.54) is 12.1 Å². The highest BCUT2D eigenvalue weighted by molar-refractivity contribution is 7.09. The van der Waals surface area contributed by atoms with Gasteiger partial charge in [-0.25, -0.2) is 4.98 Å². The molecule has 0 aliphatic carbocycles. The van der Waals surface area contributed by atoms with Crippen LogP contribution in [0.15, 0.2) is 23.6 Å². The number of aromatic nitrogens is 1. The molecule has 0 spiro atoms. The summed E-state index contributed by atoms with van der Waals surface area (Å²) in [5, 5.41) is 5.53. The Kier molecular flexibility index (Phi) is 4.55. The van der Waals surface area contributed by atoms with Gasteiger partial charge in [0.1, 0.15) is 0 Å². The van der Waals surface area contributed by atoms with Crippen molar-refractivity contribution in [2.45, 2.75) is 26.1 Å². The van der Waals surface area contributed by atoms with Crippen molar-refractivity contribution in [2.75, 3.05) is 5.32 Å². The predicted molar refractivity (Wildman–Crippen MR) is 75.3 cm³/mol. The fraction of sp³-hybridized carbons (Fsp3) is 0.308. The maximum Gasteiger partial charge on any atom is 0.417 e. The fourth-order valence-corrected chi connectivity index (χ4v) is 2.61. The molecule has 108 valence electrons. The fourth-order valence-electron chi connectivity index (χ4n) is 1.64. The number of anilines is 1. The average Bonchev–Trinajstić information content (AvgIpc) is 2.84.